The van der Waals surface area contributed by atoms with E-state index in [4.69, 9.17) is 9.84 Å². The Morgan fingerprint density at radius 1 is 1.22 bits per heavy atom. The van der Waals surface area contributed by atoms with Crippen LogP contribution in [0.25, 0.3) is 0 Å². The number of aliphatic hydroxyl groups excluding tert-OH is 1. The summed E-state index contributed by atoms with van der Waals surface area (Å²) < 4.78 is 5.44. The van der Waals surface area contributed by atoms with Crippen LogP contribution < -0.4 is 10.1 Å². The lowest BCUT2D eigenvalue weighted by Crippen LogP contribution is -2.36. The quantitative estimate of drug-likeness (QED) is 0.719. The van der Waals surface area contributed by atoms with Crippen LogP contribution in [0.15, 0.2) is 24.3 Å². The molecule has 1 aromatic rings. The zero-order valence-corrected chi connectivity index (χ0v) is 10.5. The van der Waals surface area contributed by atoms with E-state index in [1.54, 1.807) is 24.3 Å². The van der Waals surface area contributed by atoms with Crippen molar-refractivity contribution in [2.24, 2.45) is 0 Å². The predicted molar refractivity (Wildman–Crippen MR) is 69.9 cm³/mol. The number of rotatable bonds is 6. The molecule has 100 valence electrons. The number of phenolic OH excluding ortho intramolecular Hbond substituents is 1. The lowest BCUT2D eigenvalue weighted by Gasteiger charge is -2.16. The van der Waals surface area contributed by atoms with Gasteiger partial charge in [-0.05, 0) is 37.1 Å². The molecule has 0 saturated heterocycles. The topological polar surface area (TPSA) is 61.7 Å². The van der Waals surface area contributed by atoms with Crippen LogP contribution >= 0.6 is 0 Å². The Morgan fingerprint density at radius 3 is 2.56 bits per heavy atom. The normalized spacial score (nSPS) is 17.8. The summed E-state index contributed by atoms with van der Waals surface area (Å²) in [6.45, 7) is 0.841. The number of ether oxygens (including phenoxy) is 1. The fraction of sp³-hybridized carbons (Fsp3) is 0.571. The molecule has 1 atom stereocenters. The first-order valence-corrected chi connectivity index (χ1v) is 6.57. The van der Waals surface area contributed by atoms with Crippen LogP contribution in [0, 0.1) is 0 Å². The summed E-state index contributed by atoms with van der Waals surface area (Å²) in [5.74, 6) is 0.874. The summed E-state index contributed by atoms with van der Waals surface area (Å²) in [5.41, 5.74) is 0. The summed E-state index contributed by atoms with van der Waals surface area (Å²) in [4.78, 5) is 0. The Bertz CT molecular complexity index is 347. The highest BCUT2D eigenvalue weighted by atomic mass is 16.5. The van der Waals surface area contributed by atoms with Crippen molar-refractivity contribution in [3.05, 3.63) is 24.3 Å². The molecule has 0 amide bonds. The lowest BCUT2D eigenvalue weighted by atomic mass is 10.2. The van der Waals surface area contributed by atoms with E-state index < -0.39 is 6.10 Å². The molecule has 1 fully saturated rings. The van der Waals surface area contributed by atoms with Gasteiger partial charge in [0.15, 0.2) is 0 Å². The fourth-order valence-electron chi connectivity index (χ4n) is 2.23. The highest BCUT2D eigenvalue weighted by Crippen LogP contribution is 2.18. The Balaban J connectivity index is 1.64. The van der Waals surface area contributed by atoms with Crippen molar-refractivity contribution in [2.75, 3.05) is 13.2 Å². The van der Waals surface area contributed by atoms with Crippen molar-refractivity contribution in [2.45, 2.75) is 37.8 Å². The van der Waals surface area contributed by atoms with Gasteiger partial charge in [0.1, 0.15) is 24.2 Å². The summed E-state index contributed by atoms with van der Waals surface area (Å²) in [7, 11) is 0. The van der Waals surface area contributed by atoms with E-state index in [-0.39, 0.29) is 12.4 Å². The molecule has 0 aliphatic heterocycles. The standard InChI is InChI=1S/C14H21NO3/c16-12-5-7-14(8-6-12)18-10-13(17)9-15-11-3-1-2-4-11/h5-8,11,13,15-17H,1-4,9-10H2. The molecule has 4 nitrogen and oxygen atoms in total. The van der Waals surface area contributed by atoms with Crippen molar-refractivity contribution in [3.63, 3.8) is 0 Å². The second kappa shape index (κ2) is 6.61. The number of benzene rings is 1. The third-order valence-electron chi connectivity index (χ3n) is 3.28. The van der Waals surface area contributed by atoms with Gasteiger partial charge < -0.3 is 20.3 Å². The van der Waals surface area contributed by atoms with Gasteiger partial charge in [0.05, 0.1) is 0 Å². The molecule has 1 unspecified atom stereocenters. The van der Waals surface area contributed by atoms with E-state index in [1.807, 2.05) is 0 Å². The molecule has 3 N–H and O–H groups in total. The van der Waals surface area contributed by atoms with E-state index in [0.717, 1.165) is 0 Å². The zero-order valence-electron chi connectivity index (χ0n) is 10.5. The first-order valence-electron chi connectivity index (χ1n) is 6.57. The summed E-state index contributed by atoms with van der Waals surface area (Å²) in [6, 6.07) is 7.07. The molecule has 0 radical (unpaired) electrons. The lowest BCUT2D eigenvalue weighted by molar-refractivity contribution is 0.104. The fourth-order valence-corrected chi connectivity index (χ4v) is 2.23. The van der Waals surface area contributed by atoms with Crippen LogP contribution in [0.1, 0.15) is 25.7 Å². The average Bonchev–Trinajstić information content (AvgIpc) is 2.89. The third-order valence-corrected chi connectivity index (χ3v) is 3.28. The number of aromatic hydroxyl groups is 1. The van der Waals surface area contributed by atoms with Crippen molar-refractivity contribution in [1.29, 1.82) is 0 Å². The van der Waals surface area contributed by atoms with Gasteiger partial charge in [0, 0.05) is 12.6 Å². The van der Waals surface area contributed by atoms with Gasteiger partial charge >= 0.3 is 0 Å². The highest BCUT2D eigenvalue weighted by molar-refractivity contribution is 5.30. The average molecular weight is 251 g/mol. The van der Waals surface area contributed by atoms with Gasteiger partial charge in [-0.25, -0.2) is 0 Å². The largest absolute Gasteiger partial charge is 0.508 e. The second-order valence-electron chi connectivity index (χ2n) is 4.85. The first-order chi connectivity index (χ1) is 8.74. The summed E-state index contributed by atoms with van der Waals surface area (Å²) in [5, 5.41) is 22.3. The van der Waals surface area contributed by atoms with E-state index in [0.29, 0.717) is 18.3 Å². The predicted octanol–water partition coefficient (Wildman–Crippen LogP) is 1.66. The number of hydrogen-bond acceptors (Lipinski definition) is 4. The minimum atomic E-state index is -0.501. The maximum atomic E-state index is 9.79. The molecule has 4 heteroatoms. The molecule has 1 saturated carbocycles. The Labute approximate surface area is 108 Å². The molecule has 1 aliphatic rings. The van der Waals surface area contributed by atoms with Crippen LogP contribution in [0.5, 0.6) is 11.5 Å². The highest BCUT2D eigenvalue weighted by Gasteiger charge is 2.15. The first kappa shape index (κ1) is 13.2. The number of aliphatic hydroxyl groups is 1. The summed E-state index contributed by atoms with van der Waals surface area (Å²) >= 11 is 0. The number of nitrogens with one attached hydrogen (secondary N) is 1. The van der Waals surface area contributed by atoms with Crippen LogP contribution in [-0.4, -0.2) is 35.5 Å². The van der Waals surface area contributed by atoms with Crippen molar-refractivity contribution >= 4 is 0 Å². The molecular weight excluding hydrogens is 230 g/mol. The van der Waals surface area contributed by atoms with Crippen molar-refractivity contribution in [1.82, 2.24) is 5.32 Å². The molecule has 0 aromatic heterocycles. The van der Waals surface area contributed by atoms with Gasteiger partial charge in [-0.3, -0.25) is 0 Å². The van der Waals surface area contributed by atoms with Crippen LogP contribution in [0.4, 0.5) is 0 Å². The van der Waals surface area contributed by atoms with Crippen molar-refractivity contribution in [3.8, 4) is 11.5 Å². The number of hydrogen-bond donors (Lipinski definition) is 3. The van der Waals surface area contributed by atoms with E-state index in [1.165, 1.54) is 25.7 Å². The Kier molecular flexibility index (Phi) is 4.84. The molecule has 1 aromatic carbocycles. The van der Waals surface area contributed by atoms with Crippen molar-refractivity contribution < 1.29 is 14.9 Å². The maximum Gasteiger partial charge on any atom is 0.119 e. The second-order valence-corrected chi connectivity index (χ2v) is 4.85. The van der Waals surface area contributed by atoms with Gasteiger partial charge in [-0.2, -0.15) is 0 Å². The van der Waals surface area contributed by atoms with Crippen LogP contribution in [0.3, 0.4) is 0 Å². The molecule has 0 bridgehead atoms. The Morgan fingerprint density at radius 2 is 1.89 bits per heavy atom. The van der Waals surface area contributed by atoms with Crippen LogP contribution in [0.2, 0.25) is 0 Å². The SMILES string of the molecule is Oc1ccc(OCC(O)CNC2CCCC2)cc1. The monoisotopic (exact) mass is 251 g/mol. The number of phenols is 1. The van der Waals surface area contributed by atoms with E-state index in [2.05, 4.69) is 5.32 Å². The van der Waals surface area contributed by atoms with Gasteiger partial charge in [0.2, 0.25) is 0 Å². The molecule has 0 heterocycles. The molecule has 0 spiro atoms. The van der Waals surface area contributed by atoms with Gasteiger partial charge in [-0.15, -0.1) is 0 Å². The van der Waals surface area contributed by atoms with Gasteiger partial charge in [0.25, 0.3) is 0 Å². The van der Waals surface area contributed by atoms with Crippen LogP contribution in [-0.2, 0) is 0 Å². The molecule has 2 rings (SSSR count). The minimum Gasteiger partial charge on any atom is -0.508 e. The minimum absolute atomic E-state index is 0.214. The zero-order chi connectivity index (χ0) is 12.8. The molecule has 18 heavy (non-hydrogen) atoms. The Hall–Kier alpha value is -1.26. The van der Waals surface area contributed by atoms with Gasteiger partial charge in [-0.1, -0.05) is 12.8 Å². The molecular formula is C14H21NO3. The van der Waals surface area contributed by atoms with E-state index in [9.17, 15) is 5.11 Å². The smallest absolute Gasteiger partial charge is 0.119 e. The maximum absolute atomic E-state index is 9.79. The summed E-state index contributed by atoms with van der Waals surface area (Å²) in [6.07, 6.45) is 4.51. The third kappa shape index (κ3) is 4.20. The molecule has 1 aliphatic carbocycles. The van der Waals surface area contributed by atoms with E-state index >= 15 is 0 Å².